The molecule has 160 valence electrons. The van der Waals surface area contributed by atoms with E-state index in [1.807, 2.05) is 30.3 Å². The molecule has 4 rings (SSSR count). The Morgan fingerprint density at radius 2 is 1.65 bits per heavy atom. The van der Waals surface area contributed by atoms with Gasteiger partial charge in [0.05, 0.1) is 6.04 Å². The number of piperidine rings is 1. The van der Waals surface area contributed by atoms with E-state index in [4.69, 9.17) is 0 Å². The minimum Gasteiger partial charge on any atom is -0.341 e. The fourth-order valence-corrected chi connectivity index (χ4v) is 4.43. The van der Waals surface area contributed by atoms with Gasteiger partial charge in [0.1, 0.15) is 0 Å². The van der Waals surface area contributed by atoms with Crippen molar-refractivity contribution in [3.05, 3.63) is 107 Å². The molecular formula is C28H32N2O. The van der Waals surface area contributed by atoms with Crippen molar-refractivity contribution < 1.29 is 4.79 Å². The van der Waals surface area contributed by atoms with Crippen LogP contribution in [0.2, 0.25) is 0 Å². The van der Waals surface area contributed by atoms with Crippen LogP contribution in [-0.4, -0.2) is 23.9 Å². The Hall–Kier alpha value is -2.91. The number of rotatable bonds is 6. The van der Waals surface area contributed by atoms with Crippen LogP contribution in [0.4, 0.5) is 0 Å². The number of nitrogens with one attached hydrogen (secondary N) is 1. The molecule has 1 fully saturated rings. The second-order valence-corrected chi connectivity index (χ2v) is 8.91. The number of carbonyl (C=O) groups is 1. The first-order valence-corrected chi connectivity index (χ1v) is 11.3. The van der Waals surface area contributed by atoms with Crippen LogP contribution < -0.4 is 5.32 Å². The van der Waals surface area contributed by atoms with Gasteiger partial charge in [-0.3, -0.25) is 9.69 Å². The monoisotopic (exact) mass is 412 g/mol. The van der Waals surface area contributed by atoms with Gasteiger partial charge in [-0.25, -0.2) is 0 Å². The molecule has 1 aliphatic rings. The largest absolute Gasteiger partial charge is 0.341 e. The molecular weight excluding hydrogens is 380 g/mol. The summed E-state index contributed by atoms with van der Waals surface area (Å²) in [5, 5.41) is 3.24. The lowest BCUT2D eigenvalue weighted by atomic mass is 9.97. The first-order chi connectivity index (χ1) is 15.1. The number of carbonyl (C=O) groups excluding carboxylic acids is 1. The average Bonchev–Trinajstić information content (AvgIpc) is 2.79. The number of benzene rings is 3. The summed E-state index contributed by atoms with van der Waals surface area (Å²) in [6.07, 6.45) is 2.61. The molecule has 3 aromatic carbocycles. The highest BCUT2D eigenvalue weighted by Gasteiger charge is 2.19. The summed E-state index contributed by atoms with van der Waals surface area (Å²) >= 11 is 0. The molecule has 1 aliphatic heterocycles. The van der Waals surface area contributed by atoms with E-state index in [-0.39, 0.29) is 11.9 Å². The first kappa shape index (κ1) is 21.3. The summed E-state index contributed by atoms with van der Waals surface area (Å²) in [5.74, 6) is 0.725. The molecule has 1 heterocycles. The standard InChI is InChI=1S/C28H32N2O/c1-21-10-14-25(15-11-21)27(24-8-4-3-5-9-24)29-28(31)26-16-12-23(13-17-26)20-30-18-6-7-22(2)19-30/h3-5,8-17,22,27H,6-7,18-20H2,1-2H3,(H,29,31). The van der Waals surface area contributed by atoms with E-state index < -0.39 is 0 Å². The van der Waals surface area contributed by atoms with Crippen LogP contribution in [0.15, 0.2) is 78.9 Å². The van der Waals surface area contributed by atoms with E-state index >= 15 is 0 Å². The summed E-state index contributed by atoms with van der Waals surface area (Å²) in [5.41, 5.74) is 5.34. The number of amides is 1. The van der Waals surface area contributed by atoms with Crippen LogP contribution in [0.5, 0.6) is 0 Å². The van der Waals surface area contributed by atoms with E-state index in [2.05, 4.69) is 72.6 Å². The number of hydrogen-bond donors (Lipinski definition) is 1. The van der Waals surface area contributed by atoms with Crippen molar-refractivity contribution in [3.63, 3.8) is 0 Å². The molecule has 0 saturated carbocycles. The van der Waals surface area contributed by atoms with E-state index in [0.717, 1.165) is 30.1 Å². The van der Waals surface area contributed by atoms with Crippen molar-refractivity contribution in [2.45, 2.75) is 39.3 Å². The topological polar surface area (TPSA) is 32.3 Å². The zero-order valence-corrected chi connectivity index (χ0v) is 18.6. The molecule has 0 spiro atoms. The Kier molecular flexibility index (Phi) is 6.83. The number of hydrogen-bond acceptors (Lipinski definition) is 2. The Morgan fingerprint density at radius 3 is 2.32 bits per heavy atom. The van der Waals surface area contributed by atoms with Gasteiger partial charge in [0, 0.05) is 18.7 Å². The molecule has 0 aliphatic carbocycles. The van der Waals surface area contributed by atoms with Gasteiger partial charge >= 0.3 is 0 Å². The molecule has 0 radical (unpaired) electrons. The Balaban J connectivity index is 1.47. The van der Waals surface area contributed by atoms with Crippen molar-refractivity contribution in [2.75, 3.05) is 13.1 Å². The van der Waals surface area contributed by atoms with Crippen LogP contribution in [0.1, 0.15) is 58.4 Å². The Morgan fingerprint density at radius 1 is 0.968 bits per heavy atom. The molecule has 3 aromatic rings. The fraction of sp³-hybridized carbons (Fsp3) is 0.321. The average molecular weight is 413 g/mol. The minimum atomic E-state index is -0.177. The zero-order valence-electron chi connectivity index (χ0n) is 18.6. The van der Waals surface area contributed by atoms with Crippen LogP contribution in [0, 0.1) is 12.8 Å². The lowest BCUT2D eigenvalue weighted by Gasteiger charge is -2.30. The Labute approximate surface area is 186 Å². The molecule has 2 atom stereocenters. The minimum absolute atomic E-state index is 0.0485. The maximum Gasteiger partial charge on any atom is 0.252 e. The third-order valence-electron chi connectivity index (χ3n) is 6.18. The molecule has 31 heavy (non-hydrogen) atoms. The maximum absolute atomic E-state index is 13.1. The third kappa shape index (κ3) is 5.62. The maximum atomic E-state index is 13.1. The molecule has 3 heteroatoms. The summed E-state index contributed by atoms with van der Waals surface area (Å²) in [6, 6.07) is 26.4. The second-order valence-electron chi connectivity index (χ2n) is 8.91. The van der Waals surface area contributed by atoms with Gasteiger partial charge in [-0.1, -0.05) is 79.2 Å². The smallest absolute Gasteiger partial charge is 0.252 e. The van der Waals surface area contributed by atoms with Crippen molar-refractivity contribution in [2.24, 2.45) is 5.92 Å². The second kappa shape index (κ2) is 9.93. The Bertz CT molecular complexity index is 980. The molecule has 3 nitrogen and oxygen atoms in total. The van der Waals surface area contributed by atoms with E-state index in [9.17, 15) is 4.79 Å². The van der Waals surface area contributed by atoms with Gasteiger partial charge in [-0.15, -0.1) is 0 Å². The van der Waals surface area contributed by atoms with Gasteiger partial charge in [0.25, 0.3) is 5.91 Å². The fourth-order valence-electron chi connectivity index (χ4n) is 4.43. The molecule has 1 amide bonds. The summed E-state index contributed by atoms with van der Waals surface area (Å²) in [7, 11) is 0. The van der Waals surface area contributed by atoms with Crippen molar-refractivity contribution in [3.8, 4) is 0 Å². The quantitative estimate of drug-likeness (QED) is 0.559. The SMILES string of the molecule is Cc1ccc(C(NC(=O)c2ccc(CN3CCCC(C)C3)cc2)c2ccccc2)cc1. The highest BCUT2D eigenvalue weighted by Crippen LogP contribution is 2.23. The van der Waals surface area contributed by atoms with E-state index in [1.165, 1.54) is 30.5 Å². The lowest BCUT2D eigenvalue weighted by Crippen LogP contribution is -2.33. The van der Waals surface area contributed by atoms with Crippen LogP contribution in [-0.2, 0) is 6.54 Å². The van der Waals surface area contributed by atoms with Crippen molar-refractivity contribution >= 4 is 5.91 Å². The van der Waals surface area contributed by atoms with Crippen LogP contribution in [0.25, 0.3) is 0 Å². The first-order valence-electron chi connectivity index (χ1n) is 11.3. The third-order valence-corrected chi connectivity index (χ3v) is 6.18. The molecule has 1 saturated heterocycles. The highest BCUT2D eigenvalue weighted by atomic mass is 16.1. The number of nitrogens with zero attached hydrogens (tertiary/aromatic N) is 1. The molecule has 0 bridgehead atoms. The van der Waals surface area contributed by atoms with Crippen LogP contribution in [0.3, 0.4) is 0 Å². The molecule has 0 aromatic heterocycles. The van der Waals surface area contributed by atoms with Crippen molar-refractivity contribution in [1.29, 1.82) is 0 Å². The zero-order chi connectivity index (χ0) is 21.6. The van der Waals surface area contributed by atoms with Crippen molar-refractivity contribution in [1.82, 2.24) is 10.2 Å². The lowest BCUT2D eigenvalue weighted by molar-refractivity contribution is 0.0943. The molecule has 2 unspecified atom stereocenters. The number of aryl methyl sites for hydroxylation is 1. The van der Waals surface area contributed by atoms with Gasteiger partial charge < -0.3 is 5.32 Å². The molecule has 1 N–H and O–H groups in total. The summed E-state index contributed by atoms with van der Waals surface area (Å²) in [6.45, 7) is 7.70. The predicted octanol–water partition coefficient (Wildman–Crippen LogP) is 5.75. The van der Waals surface area contributed by atoms with Gasteiger partial charge in [0.15, 0.2) is 0 Å². The van der Waals surface area contributed by atoms with E-state index in [0.29, 0.717) is 5.56 Å². The summed E-state index contributed by atoms with van der Waals surface area (Å²) in [4.78, 5) is 15.6. The normalized spacial score (nSPS) is 17.8. The van der Waals surface area contributed by atoms with Gasteiger partial charge in [-0.05, 0) is 61.1 Å². The van der Waals surface area contributed by atoms with Gasteiger partial charge in [-0.2, -0.15) is 0 Å². The predicted molar refractivity (Wildman–Crippen MR) is 127 cm³/mol. The van der Waals surface area contributed by atoms with E-state index in [1.54, 1.807) is 0 Å². The van der Waals surface area contributed by atoms with Gasteiger partial charge in [0.2, 0.25) is 0 Å². The van der Waals surface area contributed by atoms with Crippen LogP contribution >= 0.6 is 0 Å². The summed E-state index contributed by atoms with van der Waals surface area (Å²) < 4.78 is 0. The number of likely N-dealkylation sites (tertiary alicyclic amines) is 1. The highest BCUT2D eigenvalue weighted by molar-refractivity contribution is 5.94.